The fraction of sp³-hybridized carbons (Fsp3) is 0.333. The first-order valence-electron chi connectivity index (χ1n) is 6.02. The number of hydrogen-bond acceptors (Lipinski definition) is 5. The van der Waals surface area contributed by atoms with Gasteiger partial charge in [-0.15, -0.1) is 0 Å². The Labute approximate surface area is 112 Å². The minimum absolute atomic E-state index is 0.0793. The summed E-state index contributed by atoms with van der Waals surface area (Å²) in [5.74, 6) is 0.750. The Morgan fingerprint density at radius 3 is 2.68 bits per heavy atom. The highest BCUT2D eigenvalue weighted by Gasteiger charge is 2.15. The van der Waals surface area contributed by atoms with Crippen molar-refractivity contribution in [1.82, 2.24) is 14.3 Å². The summed E-state index contributed by atoms with van der Waals surface area (Å²) in [7, 11) is 0. The molecule has 2 aromatic rings. The van der Waals surface area contributed by atoms with Gasteiger partial charge in [-0.05, 0) is 23.5 Å². The Balaban J connectivity index is 2.12. The average molecular weight is 276 g/mol. The number of pyridine rings is 1. The molecule has 0 saturated carbocycles. The normalized spacial score (nSPS) is 16.2. The van der Waals surface area contributed by atoms with Crippen molar-refractivity contribution >= 4 is 22.9 Å². The molecular formula is C12H12N4O2S. The molecule has 0 atom stereocenters. The highest BCUT2D eigenvalue weighted by molar-refractivity contribution is 7.06. The van der Waals surface area contributed by atoms with Gasteiger partial charge >= 0.3 is 4.87 Å². The summed E-state index contributed by atoms with van der Waals surface area (Å²) >= 11 is 1.09. The number of ketones is 1. The molecule has 7 heteroatoms. The molecule has 6 nitrogen and oxygen atoms in total. The first-order chi connectivity index (χ1) is 9.24. The molecule has 3 heterocycles. The first kappa shape index (κ1) is 12.0. The largest absolute Gasteiger partial charge is 0.325 e. The predicted molar refractivity (Wildman–Crippen MR) is 70.3 cm³/mol. The second kappa shape index (κ2) is 4.93. The third kappa shape index (κ3) is 2.41. The number of Topliss-reactive ketones (excluding diaryl/α,β-unsaturated/α-hetero) is 1. The number of carbonyl (C=O) groups is 1. The van der Waals surface area contributed by atoms with Gasteiger partial charge in [-0.25, -0.2) is 9.67 Å². The summed E-state index contributed by atoms with van der Waals surface area (Å²) < 4.78 is 3.38. The molecule has 0 bridgehead atoms. The lowest BCUT2D eigenvalue weighted by molar-refractivity contribution is -0.119. The molecule has 0 radical (unpaired) electrons. The smallest absolute Gasteiger partial charge is 0.300 e. The van der Waals surface area contributed by atoms with Gasteiger partial charge in [0.1, 0.15) is 5.78 Å². The lowest BCUT2D eigenvalue weighted by Crippen LogP contribution is -2.25. The van der Waals surface area contributed by atoms with Gasteiger partial charge < -0.3 is 0 Å². The van der Waals surface area contributed by atoms with Crippen LogP contribution in [0.1, 0.15) is 12.8 Å². The van der Waals surface area contributed by atoms with Crippen LogP contribution in [0.15, 0.2) is 34.2 Å². The second-order valence-electron chi connectivity index (χ2n) is 4.24. The van der Waals surface area contributed by atoms with Gasteiger partial charge in [0.15, 0.2) is 5.82 Å². The molecule has 98 valence electrons. The van der Waals surface area contributed by atoms with E-state index >= 15 is 0 Å². The predicted octanol–water partition coefficient (Wildman–Crippen LogP) is 0.702. The van der Waals surface area contributed by atoms with E-state index in [1.807, 2.05) is 12.1 Å². The van der Waals surface area contributed by atoms with Crippen LogP contribution < -0.4 is 9.67 Å². The Morgan fingerprint density at radius 2 is 1.95 bits per heavy atom. The molecule has 0 aromatic carbocycles. The molecular weight excluding hydrogens is 264 g/mol. The van der Waals surface area contributed by atoms with Crippen LogP contribution in [0.5, 0.6) is 0 Å². The zero-order valence-electron chi connectivity index (χ0n) is 10.2. The molecule has 0 fully saturated rings. The van der Waals surface area contributed by atoms with Crippen LogP contribution in [-0.4, -0.2) is 20.1 Å². The van der Waals surface area contributed by atoms with Gasteiger partial charge in [0.25, 0.3) is 0 Å². The van der Waals surface area contributed by atoms with E-state index in [0.717, 1.165) is 11.3 Å². The van der Waals surface area contributed by atoms with Gasteiger partial charge in [0, 0.05) is 25.6 Å². The van der Waals surface area contributed by atoms with Gasteiger partial charge in [-0.1, -0.05) is 6.07 Å². The van der Waals surface area contributed by atoms with Crippen LogP contribution in [0.3, 0.4) is 0 Å². The third-order valence-electron chi connectivity index (χ3n) is 2.97. The number of nitrogens with zero attached hydrogens (tertiary/aromatic N) is 4. The maximum absolute atomic E-state index is 11.9. The quantitative estimate of drug-likeness (QED) is 0.770. The second-order valence-corrected chi connectivity index (χ2v) is 5.15. The molecule has 0 saturated heterocycles. The van der Waals surface area contributed by atoms with Crippen LogP contribution in [-0.2, 0) is 17.9 Å². The van der Waals surface area contributed by atoms with Gasteiger partial charge in [-0.2, -0.15) is 4.99 Å². The monoisotopic (exact) mass is 276 g/mol. The minimum atomic E-state index is -0.0793. The maximum Gasteiger partial charge on any atom is 0.325 e. The number of rotatable bonds is 1. The first-order valence-corrected chi connectivity index (χ1v) is 6.84. The Kier molecular flexibility index (Phi) is 3.12. The Hall–Kier alpha value is -2.02. The van der Waals surface area contributed by atoms with Crippen molar-refractivity contribution in [3.8, 4) is 0 Å². The highest BCUT2D eigenvalue weighted by Crippen LogP contribution is 2.06. The minimum Gasteiger partial charge on any atom is -0.300 e. The van der Waals surface area contributed by atoms with E-state index in [9.17, 15) is 9.59 Å². The van der Waals surface area contributed by atoms with Crippen molar-refractivity contribution in [3.63, 3.8) is 0 Å². The molecule has 0 aliphatic carbocycles. The lowest BCUT2D eigenvalue weighted by atomic mass is 10.2. The third-order valence-corrected chi connectivity index (χ3v) is 3.84. The van der Waals surface area contributed by atoms with Crippen LogP contribution in [0.4, 0.5) is 5.82 Å². The Bertz CT molecular complexity index is 726. The fourth-order valence-electron chi connectivity index (χ4n) is 2.00. The van der Waals surface area contributed by atoms with Gasteiger partial charge in [0.2, 0.25) is 4.80 Å². The van der Waals surface area contributed by atoms with Crippen molar-refractivity contribution in [2.45, 2.75) is 25.9 Å². The van der Waals surface area contributed by atoms with E-state index in [-0.39, 0.29) is 10.7 Å². The van der Waals surface area contributed by atoms with E-state index in [4.69, 9.17) is 0 Å². The Morgan fingerprint density at radius 1 is 1.16 bits per heavy atom. The van der Waals surface area contributed by atoms with E-state index < -0.39 is 0 Å². The fourth-order valence-corrected chi connectivity index (χ4v) is 2.88. The molecule has 0 spiro atoms. The maximum atomic E-state index is 11.9. The average Bonchev–Trinajstić information content (AvgIpc) is 2.58. The van der Waals surface area contributed by atoms with Crippen molar-refractivity contribution in [3.05, 3.63) is 38.9 Å². The van der Waals surface area contributed by atoms with Crippen molar-refractivity contribution in [2.24, 2.45) is 4.99 Å². The van der Waals surface area contributed by atoms with E-state index in [1.54, 1.807) is 21.6 Å². The van der Waals surface area contributed by atoms with Crippen LogP contribution in [0, 0.1) is 0 Å². The molecule has 1 aliphatic heterocycles. The zero-order valence-corrected chi connectivity index (χ0v) is 11.0. The molecule has 0 amide bonds. The number of hydrogen-bond donors (Lipinski definition) is 0. The van der Waals surface area contributed by atoms with Crippen LogP contribution in [0.25, 0.3) is 0 Å². The number of fused-ring (bicyclic) bond motifs is 1. The summed E-state index contributed by atoms with van der Waals surface area (Å²) in [4.78, 5) is 32.4. The molecule has 19 heavy (non-hydrogen) atoms. The molecule has 0 N–H and O–H groups in total. The van der Waals surface area contributed by atoms with Gasteiger partial charge in [-0.3, -0.25) is 14.3 Å². The number of aromatic nitrogens is 3. The topological polar surface area (TPSA) is 69.2 Å². The van der Waals surface area contributed by atoms with Crippen molar-refractivity contribution in [2.75, 3.05) is 0 Å². The SMILES string of the molecule is O=C1CCn2c(=O)sc(=Nc3ccccn3)n2CC1. The van der Waals surface area contributed by atoms with Crippen molar-refractivity contribution < 1.29 is 4.79 Å². The van der Waals surface area contributed by atoms with Gasteiger partial charge in [0.05, 0.1) is 6.54 Å². The van der Waals surface area contributed by atoms with Crippen molar-refractivity contribution in [1.29, 1.82) is 0 Å². The van der Waals surface area contributed by atoms with E-state index in [2.05, 4.69) is 9.98 Å². The summed E-state index contributed by atoms with van der Waals surface area (Å²) in [5.41, 5.74) is 0. The van der Waals surface area contributed by atoms with E-state index in [1.165, 1.54) is 0 Å². The molecule has 0 unspecified atom stereocenters. The molecule has 3 rings (SSSR count). The molecule has 1 aliphatic rings. The lowest BCUT2D eigenvalue weighted by Gasteiger charge is -2.04. The highest BCUT2D eigenvalue weighted by atomic mass is 32.1. The van der Waals surface area contributed by atoms with Crippen LogP contribution >= 0.6 is 11.3 Å². The van der Waals surface area contributed by atoms with Crippen LogP contribution in [0.2, 0.25) is 0 Å². The summed E-state index contributed by atoms with van der Waals surface area (Å²) in [6, 6.07) is 5.44. The zero-order chi connectivity index (χ0) is 13.2. The van der Waals surface area contributed by atoms with E-state index in [0.29, 0.717) is 36.6 Å². The number of carbonyl (C=O) groups excluding carboxylic acids is 1. The summed E-state index contributed by atoms with van der Waals surface area (Å²) in [6.45, 7) is 0.940. The molecule has 2 aromatic heterocycles. The standard InChI is InChI=1S/C12H12N4O2S/c17-9-4-7-15-11(14-10-3-1-2-6-13-10)19-12(18)16(15)8-5-9/h1-3,6H,4-5,7-8H2. The summed E-state index contributed by atoms with van der Waals surface area (Å²) in [5, 5.41) is 0. The summed E-state index contributed by atoms with van der Waals surface area (Å²) in [6.07, 6.45) is 2.52.